The summed E-state index contributed by atoms with van der Waals surface area (Å²) in [6, 6.07) is 0. The predicted molar refractivity (Wildman–Crippen MR) is 162 cm³/mol. The van der Waals surface area contributed by atoms with Crippen molar-refractivity contribution in [2.24, 2.45) is 5.73 Å². The summed E-state index contributed by atoms with van der Waals surface area (Å²) in [4.78, 5) is 2.70. The molecule has 0 atom stereocenters. The fraction of sp³-hybridized carbons (Fsp3) is 1.00. The second-order valence-corrected chi connectivity index (χ2v) is 11.4. The highest BCUT2D eigenvalue weighted by molar-refractivity contribution is 4.58. The highest BCUT2D eigenvalue weighted by Gasteiger charge is 2.02. The average Bonchev–Trinajstić information content (AvgIpc) is 2.87. The van der Waals surface area contributed by atoms with Gasteiger partial charge in [0, 0.05) is 0 Å². The minimum Gasteiger partial charge on any atom is -0.330 e. The van der Waals surface area contributed by atoms with Gasteiger partial charge in [-0.3, -0.25) is 0 Å². The van der Waals surface area contributed by atoms with Crippen LogP contribution in [0.25, 0.3) is 0 Å². The van der Waals surface area contributed by atoms with Gasteiger partial charge in [0.1, 0.15) is 0 Å². The maximum absolute atomic E-state index is 5.55. The topological polar surface area (TPSA) is 29.3 Å². The van der Waals surface area contributed by atoms with Gasteiger partial charge in [-0.2, -0.15) is 0 Å². The maximum Gasteiger partial charge on any atom is -0.00189 e. The smallest absolute Gasteiger partial charge is 0.00189 e. The van der Waals surface area contributed by atoms with Crippen molar-refractivity contribution in [1.82, 2.24) is 4.90 Å². The molecule has 0 aromatic heterocycles. The molecule has 0 fully saturated rings. The van der Waals surface area contributed by atoms with E-state index < -0.39 is 0 Å². The van der Waals surface area contributed by atoms with E-state index in [1.54, 1.807) is 0 Å². The number of rotatable bonds is 31. The number of unbranched alkanes of at least 4 members (excludes halogenated alkanes) is 25. The Kier molecular flexibility index (Phi) is 31.9. The molecule has 0 heterocycles. The first kappa shape index (κ1) is 34.9. The summed E-state index contributed by atoms with van der Waals surface area (Å²) < 4.78 is 0. The normalized spacial score (nSPS) is 11.7. The van der Waals surface area contributed by atoms with Gasteiger partial charge in [-0.1, -0.05) is 168 Å². The summed E-state index contributed by atoms with van der Waals surface area (Å²) in [5.74, 6) is 0. The molecule has 0 aromatic carbocycles. The standard InChI is InChI=1S/C33H70N2/c1-3-5-6-7-8-9-10-11-12-13-14-17-20-23-26-29-32-35(4-2)33-30-27-24-21-18-15-16-19-22-25-28-31-34/h3-34H2,1-2H3. The Hall–Kier alpha value is -0.0800. The number of hydrogen-bond acceptors (Lipinski definition) is 2. The molecule has 212 valence electrons. The second-order valence-electron chi connectivity index (χ2n) is 11.4. The van der Waals surface area contributed by atoms with Gasteiger partial charge in [-0.15, -0.1) is 0 Å². The molecule has 0 amide bonds. The molecule has 0 saturated heterocycles. The SMILES string of the molecule is CCCCCCCCCCCCCCCCCCN(CC)CCCCCCCCCCCCCN. The summed E-state index contributed by atoms with van der Waals surface area (Å²) in [7, 11) is 0. The van der Waals surface area contributed by atoms with Gasteiger partial charge >= 0.3 is 0 Å². The third-order valence-corrected chi connectivity index (χ3v) is 7.95. The van der Waals surface area contributed by atoms with Crippen LogP contribution in [0.3, 0.4) is 0 Å². The Morgan fingerprint density at radius 1 is 0.343 bits per heavy atom. The molecule has 0 rings (SSSR count). The summed E-state index contributed by atoms with van der Waals surface area (Å²) in [5.41, 5.74) is 5.55. The molecule has 0 bridgehead atoms. The largest absolute Gasteiger partial charge is 0.330 e. The Balaban J connectivity index is 3.25. The average molecular weight is 495 g/mol. The van der Waals surface area contributed by atoms with Crippen LogP contribution in [0.1, 0.15) is 187 Å². The van der Waals surface area contributed by atoms with Gasteiger partial charge in [0.25, 0.3) is 0 Å². The van der Waals surface area contributed by atoms with Crippen LogP contribution in [0, 0.1) is 0 Å². The van der Waals surface area contributed by atoms with Crippen LogP contribution in [-0.4, -0.2) is 31.1 Å². The van der Waals surface area contributed by atoms with Gasteiger partial charge in [-0.05, 0) is 45.4 Å². The Morgan fingerprint density at radius 2 is 0.600 bits per heavy atom. The van der Waals surface area contributed by atoms with Gasteiger partial charge < -0.3 is 10.6 Å². The summed E-state index contributed by atoms with van der Waals surface area (Å²) in [5, 5.41) is 0. The molecule has 0 aliphatic carbocycles. The Morgan fingerprint density at radius 3 is 0.857 bits per heavy atom. The van der Waals surface area contributed by atoms with Crippen molar-refractivity contribution in [3.8, 4) is 0 Å². The molecular formula is C33H70N2. The zero-order valence-corrected chi connectivity index (χ0v) is 24.9. The van der Waals surface area contributed by atoms with Crippen LogP contribution >= 0.6 is 0 Å². The van der Waals surface area contributed by atoms with Crippen molar-refractivity contribution in [1.29, 1.82) is 0 Å². The monoisotopic (exact) mass is 495 g/mol. The van der Waals surface area contributed by atoms with E-state index in [0.29, 0.717) is 0 Å². The van der Waals surface area contributed by atoms with Crippen LogP contribution < -0.4 is 5.73 Å². The van der Waals surface area contributed by atoms with Crippen molar-refractivity contribution in [3.05, 3.63) is 0 Å². The molecule has 0 unspecified atom stereocenters. The van der Waals surface area contributed by atoms with Gasteiger partial charge in [0.15, 0.2) is 0 Å². The molecular weight excluding hydrogens is 424 g/mol. The van der Waals surface area contributed by atoms with Crippen molar-refractivity contribution >= 4 is 0 Å². The summed E-state index contributed by atoms with van der Waals surface area (Å²) in [6.07, 6.45) is 38.8. The lowest BCUT2D eigenvalue weighted by atomic mass is 10.0. The Labute approximate surface area is 224 Å². The van der Waals surface area contributed by atoms with Gasteiger partial charge in [0.2, 0.25) is 0 Å². The highest BCUT2D eigenvalue weighted by Crippen LogP contribution is 2.14. The van der Waals surface area contributed by atoms with Crippen LogP contribution in [0.5, 0.6) is 0 Å². The molecule has 35 heavy (non-hydrogen) atoms. The van der Waals surface area contributed by atoms with E-state index in [4.69, 9.17) is 5.73 Å². The third-order valence-electron chi connectivity index (χ3n) is 7.95. The van der Waals surface area contributed by atoms with Crippen LogP contribution in [0.15, 0.2) is 0 Å². The Bertz CT molecular complexity index is 357. The fourth-order valence-corrected chi connectivity index (χ4v) is 5.38. The minimum absolute atomic E-state index is 0.870. The minimum atomic E-state index is 0.870. The van der Waals surface area contributed by atoms with E-state index in [9.17, 15) is 0 Å². The third kappa shape index (κ3) is 30.0. The first-order valence-corrected chi connectivity index (χ1v) is 16.8. The predicted octanol–water partition coefficient (Wildman–Crippen LogP) is 10.8. The van der Waals surface area contributed by atoms with Crippen molar-refractivity contribution < 1.29 is 0 Å². The van der Waals surface area contributed by atoms with Gasteiger partial charge in [-0.25, -0.2) is 0 Å². The first-order valence-electron chi connectivity index (χ1n) is 16.8. The van der Waals surface area contributed by atoms with Crippen LogP contribution in [-0.2, 0) is 0 Å². The van der Waals surface area contributed by atoms with Crippen LogP contribution in [0.4, 0.5) is 0 Å². The number of nitrogens with two attached hydrogens (primary N) is 1. The van der Waals surface area contributed by atoms with Crippen molar-refractivity contribution in [3.63, 3.8) is 0 Å². The lowest BCUT2D eigenvalue weighted by Gasteiger charge is -2.20. The van der Waals surface area contributed by atoms with Gasteiger partial charge in [0.05, 0.1) is 0 Å². The fourth-order valence-electron chi connectivity index (χ4n) is 5.38. The summed E-state index contributed by atoms with van der Waals surface area (Å²) >= 11 is 0. The van der Waals surface area contributed by atoms with E-state index >= 15 is 0 Å². The van der Waals surface area contributed by atoms with E-state index in [1.165, 1.54) is 193 Å². The first-order chi connectivity index (χ1) is 17.3. The molecule has 2 nitrogen and oxygen atoms in total. The number of nitrogens with zero attached hydrogens (tertiary/aromatic N) is 1. The number of hydrogen-bond donors (Lipinski definition) is 1. The molecule has 0 radical (unpaired) electrons. The zero-order chi connectivity index (χ0) is 25.5. The van der Waals surface area contributed by atoms with E-state index in [2.05, 4.69) is 18.7 Å². The van der Waals surface area contributed by atoms with E-state index in [-0.39, 0.29) is 0 Å². The molecule has 2 N–H and O–H groups in total. The summed E-state index contributed by atoms with van der Waals surface area (Å²) in [6.45, 7) is 9.42. The van der Waals surface area contributed by atoms with Crippen molar-refractivity contribution in [2.45, 2.75) is 187 Å². The maximum atomic E-state index is 5.55. The van der Waals surface area contributed by atoms with E-state index in [1.807, 2.05) is 0 Å². The molecule has 0 aliphatic rings. The second kappa shape index (κ2) is 31.9. The molecule has 0 aliphatic heterocycles. The molecule has 0 aromatic rings. The molecule has 0 spiro atoms. The van der Waals surface area contributed by atoms with Crippen molar-refractivity contribution in [2.75, 3.05) is 26.2 Å². The lowest BCUT2D eigenvalue weighted by molar-refractivity contribution is 0.273. The lowest BCUT2D eigenvalue weighted by Crippen LogP contribution is -2.25. The van der Waals surface area contributed by atoms with Crippen LogP contribution in [0.2, 0.25) is 0 Å². The molecule has 2 heteroatoms. The zero-order valence-electron chi connectivity index (χ0n) is 24.9. The highest BCUT2D eigenvalue weighted by atomic mass is 15.1. The quantitative estimate of drug-likeness (QED) is 0.0971. The molecule has 0 saturated carbocycles. The van der Waals surface area contributed by atoms with E-state index in [0.717, 1.165) is 6.54 Å².